The fourth-order valence-electron chi connectivity index (χ4n) is 2.60. The molecule has 0 aliphatic heterocycles. The second kappa shape index (κ2) is 10.0. The molecule has 1 N–H and O–H groups in total. The van der Waals surface area contributed by atoms with Crippen molar-refractivity contribution in [1.82, 2.24) is 4.68 Å². The summed E-state index contributed by atoms with van der Waals surface area (Å²) in [4.78, 5) is 5.24. The van der Waals surface area contributed by atoms with Crippen LogP contribution in [-0.4, -0.2) is 29.1 Å². The van der Waals surface area contributed by atoms with Crippen molar-refractivity contribution in [3.8, 4) is 22.8 Å². The Morgan fingerprint density at radius 3 is 2.70 bits per heavy atom. The third-order valence-electron chi connectivity index (χ3n) is 4.10. The fraction of sp³-hybridized carbons (Fsp3) is 0.217. The normalized spacial score (nSPS) is 11.9. The van der Waals surface area contributed by atoms with Crippen LogP contribution in [0.4, 0.5) is 4.39 Å². The second-order valence-electron chi connectivity index (χ2n) is 6.81. The third kappa shape index (κ3) is 5.45. The maximum absolute atomic E-state index is 13.3. The van der Waals surface area contributed by atoms with Crippen molar-refractivity contribution in [2.75, 3.05) is 13.2 Å². The third-order valence-corrected chi connectivity index (χ3v) is 4.95. The average molecular weight is 426 g/mol. The smallest absolute Gasteiger partial charge is 0.206 e. The molecule has 7 heteroatoms. The molecular formula is C23H24FN3O2S. The van der Waals surface area contributed by atoms with Crippen LogP contribution in [-0.2, 0) is 0 Å². The highest BCUT2D eigenvalue weighted by atomic mass is 32.1. The van der Waals surface area contributed by atoms with Gasteiger partial charge in [0, 0.05) is 22.6 Å². The number of hydrogen-bond donors (Lipinski definition) is 1. The summed E-state index contributed by atoms with van der Waals surface area (Å²) in [6.45, 7) is 8.89. The summed E-state index contributed by atoms with van der Waals surface area (Å²) in [6.07, 6.45) is 2.46. The van der Waals surface area contributed by atoms with Gasteiger partial charge in [0.1, 0.15) is 17.3 Å². The molecule has 0 amide bonds. The van der Waals surface area contributed by atoms with Gasteiger partial charge in [-0.25, -0.2) is 9.07 Å². The highest BCUT2D eigenvalue weighted by Crippen LogP contribution is 2.24. The van der Waals surface area contributed by atoms with E-state index in [0.717, 1.165) is 23.3 Å². The van der Waals surface area contributed by atoms with Crippen LogP contribution in [0.2, 0.25) is 0 Å². The van der Waals surface area contributed by atoms with Crippen molar-refractivity contribution in [3.05, 3.63) is 76.2 Å². The minimum absolute atomic E-state index is 0.0759. The van der Waals surface area contributed by atoms with Gasteiger partial charge >= 0.3 is 0 Å². The van der Waals surface area contributed by atoms with E-state index in [4.69, 9.17) is 4.74 Å². The number of phenolic OH excluding ortho intramolecular Hbond substituents is 1. The molecule has 1 aromatic heterocycles. The van der Waals surface area contributed by atoms with Crippen molar-refractivity contribution in [2.24, 2.45) is 10.1 Å². The molecule has 0 bridgehead atoms. The van der Waals surface area contributed by atoms with Crippen LogP contribution in [0.25, 0.3) is 11.3 Å². The summed E-state index contributed by atoms with van der Waals surface area (Å²) >= 11 is 1.43. The Labute approximate surface area is 179 Å². The van der Waals surface area contributed by atoms with E-state index >= 15 is 0 Å². The fourth-order valence-corrected chi connectivity index (χ4v) is 3.44. The molecule has 0 saturated carbocycles. The number of aromatic nitrogens is 1. The van der Waals surface area contributed by atoms with Crippen molar-refractivity contribution < 1.29 is 14.2 Å². The second-order valence-corrected chi connectivity index (χ2v) is 7.65. The Balaban J connectivity index is 1.99. The zero-order valence-electron chi connectivity index (χ0n) is 17.0. The van der Waals surface area contributed by atoms with Gasteiger partial charge in [-0.3, -0.25) is 4.99 Å². The molecule has 3 aromatic rings. The number of nitrogens with zero attached hydrogens (tertiary/aromatic N) is 3. The number of aromatic hydroxyl groups is 1. The molecule has 0 aliphatic carbocycles. The van der Waals surface area contributed by atoms with Gasteiger partial charge in [-0.1, -0.05) is 19.1 Å². The minimum Gasteiger partial charge on any atom is -0.507 e. The summed E-state index contributed by atoms with van der Waals surface area (Å²) in [5.74, 6) is 0.386. The van der Waals surface area contributed by atoms with Crippen LogP contribution >= 0.6 is 11.3 Å². The summed E-state index contributed by atoms with van der Waals surface area (Å²) in [5.41, 5.74) is 3.07. The quantitative estimate of drug-likeness (QED) is 0.398. The summed E-state index contributed by atoms with van der Waals surface area (Å²) in [7, 11) is 0. The van der Waals surface area contributed by atoms with E-state index in [2.05, 4.69) is 16.7 Å². The molecule has 5 nitrogen and oxygen atoms in total. The standard InChI is InChI=1S/C23H24FN3O2S/c1-4-11-29-20-10-7-18(22(28)12-20)14-26-27-21(17-5-8-19(24)9-6-17)15-30-23(27)25-13-16(2)3/h5-10,12,14-15,28H,2,4,11,13H2,1,3H3. The van der Waals surface area contributed by atoms with Crippen LogP contribution in [0.3, 0.4) is 0 Å². The molecule has 156 valence electrons. The van der Waals surface area contributed by atoms with Crippen molar-refractivity contribution in [1.29, 1.82) is 0 Å². The minimum atomic E-state index is -0.300. The highest BCUT2D eigenvalue weighted by molar-refractivity contribution is 7.07. The molecule has 0 aliphatic rings. The van der Waals surface area contributed by atoms with Gasteiger partial charge in [-0.15, -0.1) is 11.3 Å². The molecule has 30 heavy (non-hydrogen) atoms. The molecule has 0 atom stereocenters. The molecule has 0 unspecified atom stereocenters. The lowest BCUT2D eigenvalue weighted by molar-refractivity contribution is 0.315. The summed E-state index contributed by atoms with van der Waals surface area (Å²) in [6, 6.07) is 11.3. The van der Waals surface area contributed by atoms with Gasteiger partial charge in [0.15, 0.2) is 0 Å². The first-order valence-electron chi connectivity index (χ1n) is 9.59. The molecule has 0 fully saturated rings. The van der Waals surface area contributed by atoms with E-state index in [1.807, 2.05) is 19.2 Å². The maximum atomic E-state index is 13.3. The number of phenols is 1. The molecule has 0 radical (unpaired) electrons. The van der Waals surface area contributed by atoms with Crippen LogP contribution in [0.1, 0.15) is 25.8 Å². The number of benzene rings is 2. The SMILES string of the molecule is C=C(C)CN=c1scc(-c2ccc(F)cc2)n1N=Cc1ccc(OCCC)cc1O. The molecule has 0 saturated heterocycles. The first-order chi connectivity index (χ1) is 14.5. The van der Waals surface area contributed by atoms with Gasteiger partial charge in [-0.05, 0) is 49.7 Å². The zero-order valence-corrected chi connectivity index (χ0v) is 17.8. The van der Waals surface area contributed by atoms with E-state index in [1.54, 1.807) is 41.2 Å². The lowest BCUT2D eigenvalue weighted by atomic mass is 10.2. The van der Waals surface area contributed by atoms with Crippen LogP contribution in [0.5, 0.6) is 11.5 Å². The molecular weight excluding hydrogens is 401 g/mol. The summed E-state index contributed by atoms with van der Waals surface area (Å²) in [5, 5.41) is 16.8. The van der Waals surface area contributed by atoms with Crippen molar-refractivity contribution in [2.45, 2.75) is 20.3 Å². The highest BCUT2D eigenvalue weighted by Gasteiger charge is 2.08. The van der Waals surface area contributed by atoms with Gasteiger partial charge in [0.05, 0.1) is 25.1 Å². The van der Waals surface area contributed by atoms with Gasteiger partial charge < -0.3 is 9.84 Å². The maximum Gasteiger partial charge on any atom is 0.206 e. The van der Waals surface area contributed by atoms with Crippen molar-refractivity contribution in [3.63, 3.8) is 0 Å². The number of halogens is 1. The van der Waals surface area contributed by atoms with E-state index in [9.17, 15) is 9.50 Å². The van der Waals surface area contributed by atoms with E-state index in [-0.39, 0.29) is 11.6 Å². The van der Waals surface area contributed by atoms with Gasteiger partial charge in [0.2, 0.25) is 4.80 Å². The van der Waals surface area contributed by atoms with E-state index in [1.165, 1.54) is 23.5 Å². The van der Waals surface area contributed by atoms with Gasteiger partial charge in [-0.2, -0.15) is 5.10 Å². The predicted octanol–water partition coefficient (Wildman–Crippen LogP) is 5.21. The Morgan fingerprint density at radius 2 is 2.03 bits per heavy atom. The topological polar surface area (TPSA) is 59.1 Å². The molecule has 1 heterocycles. The lowest BCUT2D eigenvalue weighted by Gasteiger charge is -2.07. The van der Waals surface area contributed by atoms with Crippen LogP contribution < -0.4 is 9.54 Å². The molecule has 2 aromatic carbocycles. The van der Waals surface area contributed by atoms with Gasteiger partial charge in [0.25, 0.3) is 0 Å². The first kappa shape index (κ1) is 21.5. The van der Waals surface area contributed by atoms with Crippen LogP contribution in [0, 0.1) is 5.82 Å². The Hall–Kier alpha value is -3.19. The summed E-state index contributed by atoms with van der Waals surface area (Å²) < 4.78 is 20.6. The number of hydrogen-bond acceptors (Lipinski definition) is 5. The largest absolute Gasteiger partial charge is 0.507 e. The monoisotopic (exact) mass is 425 g/mol. The molecule has 3 rings (SSSR count). The van der Waals surface area contributed by atoms with Crippen molar-refractivity contribution >= 4 is 17.6 Å². The molecule has 0 spiro atoms. The first-order valence-corrected chi connectivity index (χ1v) is 10.5. The average Bonchev–Trinajstić information content (AvgIpc) is 3.13. The number of rotatable bonds is 8. The van der Waals surface area contributed by atoms with E-state index in [0.29, 0.717) is 29.3 Å². The number of thiazole rings is 1. The predicted molar refractivity (Wildman–Crippen MR) is 120 cm³/mol. The lowest BCUT2D eigenvalue weighted by Crippen LogP contribution is -2.13. The Bertz CT molecular complexity index is 1110. The Kier molecular flexibility index (Phi) is 7.19. The Morgan fingerprint density at radius 1 is 1.27 bits per heavy atom. The zero-order chi connectivity index (χ0) is 21.5. The van der Waals surface area contributed by atoms with Crippen LogP contribution in [0.15, 0.2) is 70.1 Å². The number of ether oxygens (including phenoxy) is 1. The van der Waals surface area contributed by atoms with E-state index < -0.39 is 0 Å².